The van der Waals surface area contributed by atoms with E-state index in [1.54, 1.807) is 6.33 Å². The molecule has 4 nitrogen and oxygen atoms in total. The monoisotopic (exact) mass is 254 g/mol. The van der Waals surface area contributed by atoms with Gasteiger partial charge in [0.15, 0.2) is 5.78 Å². The number of nitrogens with zero attached hydrogens (tertiary/aromatic N) is 2. The maximum Gasteiger partial charge on any atom is 0.181 e. The minimum absolute atomic E-state index is 0.204. The van der Waals surface area contributed by atoms with Crippen molar-refractivity contribution in [1.82, 2.24) is 9.55 Å². The molecule has 2 aliphatic rings. The normalized spacial score (nSPS) is 17.4. The van der Waals surface area contributed by atoms with Gasteiger partial charge in [-0.05, 0) is 36.1 Å². The zero-order chi connectivity index (χ0) is 12.8. The Morgan fingerprint density at radius 3 is 3.00 bits per heavy atom. The number of hydrogen-bond acceptors (Lipinski definition) is 3. The first-order valence-corrected chi connectivity index (χ1v) is 6.62. The number of ketones is 1. The Hall–Kier alpha value is -1.94. The molecule has 0 fully saturated rings. The molecule has 0 radical (unpaired) electrons. The van der Waals surface area contributed by atoms with E-state index in [1.807, 2.05) is 10.6 Å². The summed E-state index contributed by atoms with van der Waals surface area (Å²) in [5.41, 5.74) is 5.17. The highest BCUT2D eigenvalue weighted by molar-refractivity contribution is 5.97. The van der Waals surface area contributed by atoms with Crippen molar-refractivity contribution in [1.29, 1.82) is 0 Å². The van der Waals surface area contributed by atoms with E-state index < -0.39 is 0 Å². The Bertz CT molecular complexity index is 673. The van der Waals surface area contributed by atoms with Gasteiger partial charge in [-0.1, -0.05) is 6.07 Å². The van der Waals surface area contributed by atoms with Crippen molar-refractivity contribution in [2.24, 2.45) is 0 Å². The molecule has 4 heteroatoms. The first-order valence-electron chi connectivity index (χ1n) is 6.62. The number of Topliss-reactive ketones (excluding diaryl/α,β-unsaturated/α-hetero) is 1. The lowest BCUT2D eigenvalue weighted by molar-refractivity contribution is 0.0965. The molecule has 0 unspecified atom stereocenters. The summed E-state index contributed by atoms with van der Waals surface area (Å²) in [5, 5.41) is 0. The van der Waals surface area contributed by atoms with Gasteiger partial charge < -0.3 is 4.74 Å². The molecular weight excluding hydrogens is 240 g/mol. The van der Waals surface area contributed by atoms with E-state index in [-0.39, 0.29) is 5.78 Å². The molecule has 0 amide bonds. The van der Waals surface area contributed by atoms with E-state index in [0.29, 0.717) is 19.6 Å². The molecule has 0 bridgehead atoms. The van der Waals surface area contributed by atoms with Gasteiger partial charge >= 0.3 is 0 Å². The molecule has 2 aromatic rings. The number of imidazole rings is 1. The molecule has 0 saturated carbocycles. The van der Waals surface area contributed by atoms with E-state index in [2.05, 4.69) is 17.1 Å². The molecule has 4 rings (SSSR count). The number of aromatic nitrogens is 2. The molecule has 0 spiro atoms. The Morgan fingerprint density at radius 1 is 1.16 bits per heavy atom. The van der Waals surface area contributed by atoms with Crippen molar-refractivity contribution in [3.63, 3.8) is 0 Å². The van der Waals surface area contributed by atoms with E-state index in [9.17, 15) is 4.79 Å². The Morgan fingerprint density at radius 2 is 2.05 bits per heavy atom. The van der Waals surface area contributed by atoms with Gasteiger partial charge in [0, 0.05) is 12.1 Å². The van der Waals surface area contributed by atoms with Crippen molar-refractivity contribution in [2.45, 2.75) is 32.5 Å². The standard InChI is InChI=1S/C15H14N2O2/c18-14-3-1-2-13-15(14)17(9-16-13)12-5-4-10-7-19-8-11(10)6-12/h4-6,9H,1-3,7-8H2. The van der Waals surface area contributed by atoms with Crippen LogP contribution >= 0.6 is 0 Å². The zero-order valence-corrected chi connectivity index (χ0v) is 10.6. The highest BCUT2D eigenvalue weighted by Gasteiger charge is 2.23. The molecule has 1 aromatic heterocycles. The van der Waals surface area contributed by atoms with Gasteiger partial charge in [-0.15, -0.1) is 0 Å². The average molecular weight is 254 g/mol. The largest absolute Gasteiger partial charge is 0.372 e. The van der Waals surface area contributed by atoms with Crippen LogP contribution in [0.5, 0.6) is 0 Å². The predicted octanol–water partition coefficient (Wildman–Crippen LogP) is 2.42. The van der Waals surface area contributed by atoms with Gasteiger partial charge in [0.05, 0.1) is 18.9 Å². The molecule has 1 aliphatic carbocycles. The van der Waals surface area contributed by atoms with Gasteiger partial charge in [-0.2, -0.15) is 0 Å². The van der Waals surface area contributed by atoms with Crippen LogP contribution in [0, 0.1) is 0 Å². The topological polar surface area (TPSA) is 44.1 Å². The lowest BCUT2D eigenvalue weighted by atomic mass is 9.99. The third-order valence-electron chi connectivity index (χ3n) is 3.91. The molecule has 0 saturated heterocycles. The Labute approximate surface area is 111 Å². The van der Waals surface area contributed by atoms with Gasteiger partial charge in [-0.3, -0.25) is 9.36 Å². The average Bonchev–Trinajstić information content (AvgIpc) is 3.04. The number of carbonyl (C=O) groups is 1. The van der Waals surface area contributed by atoms with Crippen LogP contribution in [0.15, 0.2) is 24.5 Å². The maximum absolute atomic E-state index is 12.1. The van der Waals surface area contributed by atoms with Crippen molar-refractivity contribution < 1.29 is 9.53 Å². The van der Waals surface area contributed by atoms with Crippen molar-refractivity contribution in [2.75, 3.05) is 0 Å². The van der Waals surface area contributed by atoms with Gasteiger partial charge in [0.25, 0.3) is 0 Å². The number of fused-ring (bicyclic) bond motifs is 2. The molecular formula is C15H14N2O2. The number of ether oxygens (including phenoxy) is 1. The summed E-state index contributed by atoms with van der Waals surface area (Å²) in [6.07, 6.45) is 4.22. The Balaban J connectivity index is 1.85. The van der Waals surface area contributed by atoms with Crippen LogP contribution < -0.4 is 0 Å². The third-order valence-corrected chi connectivity index (χ3v) is 3.91. The fourth-order valence-electron chi connectivity index (χ4n) is 2.90. The van der Waals surface area contributed by atoms with Crippen molar-refractivity contribution >= 4 is 5.78 Å². The second-order valence-electron chi connectivity index (χ2n) is 5.13. The lowest BCUT2D eigenvalue weighted by Crippen LogP contribution is -2.14. The van der Waals surface area contributed by atoms with E-state index in [4.69, 9.17) is 4.74 Å². The maximum atomic E-state index is 12.1. The Kier molecular flexibility index (Phi) is 2.32. The first kappa shape index (κ1) is 10.9. The lowest BCUT2D eigenvalue weighted by Gasteiger charge is -2.13. The highest BCUT2D eigenvalue weighted by atomic mass is 16.5. The van der Waals surface area contributed by atoms with E-state index >= 15 is 0 Å². The number of carbonyl (C=O) groups excluding carboxylic acids is 1. The molecule has 96 valence electrons. The molecule has 19 heavy (non-hydrogen) atoms. The third kappa shape index (κ3) is 1.64. The molecule has 1 aliphatic heterocycles. The summed E-state index contributed by atoms with van der Waals surface area (Å²) < 4.78 is 7.36. The van der Waals surface area contributed by atoms with Crippen molar-refractivity contribution in [3.05, 3.63) is 47.0 Å². The summed E-state index contributed by atoms with van der Waals surface area (Å²) in [5.74, 6) is 0.204. The van der Waals surface area contributed by atoms with E-state index in [1.165, 1.54) is 11.1 Å². The van der Waals surface area contributed by atoms with Crippen LogP contribution in [0.1, 0.15) is 40.2 Å². The molecule has 0 atom stereocenters. The van der Waals surface area contributed by atoms with E-state index in [0.717, 1.165) is 29.9 Å². The van der Waals surface area contributed by atoms with Crippen LogP contribution in [0.3, 0.4) is 0 Å². The minimum atomic E-state index is 0.204. The first-order chi connectivity index (χ1) is 9.33. The fourth-order valence-corrected chi connectivity index (χ4v) is 2.90. The fraction of sp³-hybridized carbons (Fsp3) is 0.333. The summed E-state index contributed by atoms with van der Waals surface area (Å²) in [6, 6.07) is 6.22. The number of hydrogen-bond donors (Lipinski definition) is 0. The minimum Gasteiger partial charge on any atom is -0.372 e. The zero-order valence-electron chi connectivity index (χ0n) is 10.6. The van der Waals surface area contributed by atoms with Gasteiger partial charge in [0.2, 0.25) is 0 Å². The van der Waals surface area contributed by atoms with Crippen LogP contribution in [0.4, 0.5) is 0 Å². The summed E-state index contributed by atoms with van der Waals surface area (Å²) in [7, 11) is 0. The number of aryl methyl sites for hydroxylation is 1. The second kappa shape index (κ2) is 4.03. The second-order valence-corrected chi connectivity index (χ2v) is 5.13. The van der Waals surface area contributed by atoms with Gasteiger partial charge in [-0.25, -0.2) is 4.98 Å². The van der Waals surface area contributed by atoms with Crippen LogP contribution in [-0.4, -0.2) is 15.3 Å². The molecule has 2 heterocycles. The predicted molar refractivity (Wildman–Crippen MR) is 69.3 cm³/mol. The molecule has 1 aromatic carbocycles. The molecule has 0 N–H and O–H groups in total. The van der Waals surface area contributed by atoms with Crippen LogP contribution in [0.25, 0.3) is 5.69 Å². The van der Waals surface area contributed by atoms with Crippen LogP contribution in [-0.2, 0) is 24.4 Å². The highest BCUT2D eigenvalue weighted by Crippen LogP contribution is 2.26. The quantitative estimate of drug-likeness (QED) is 0.785. The van der Waals surface area contributed by atoms with Crippen molar-refractivity contribution in [3.8, 4) is 5.69 Å². The summed E-state index contributed by atoms with van der Waals surface area (Å²) in [6.45, 7) is 1.35. The number of rotatable bonds is 1. The number of benzene rings is 1. The van der Waals surface area contributed by atoms with Crippen LogP contribution in [0.2, 0.25) is 0 Å². The summed E-state index contributed by atoms with van der Waals surface area (Å²) >= 11 is 0. The van der Waals surface area contributed by atoms with Gasteiger partial charge in [0.1, 0.15) is 12.0 Å². The SMILES string of the molecule is O=C1CCCc2ncn(-c3ccc4c(c3)COC4)c21. The smallest absolute Gasteiger partial charge is 0.181 e. The summed E-state index contributed by atoms with van der Waals surface area (Å²) in [4.78, 5) is 16.5.